The first kappa shape index (κ1) is 12.2. The lowest BCUT2D eigenvalue weighted by molar-refractivity contribution is -0.150. The quantitative estimate of drug-likeness (QED) is 0.584. The smallest absolute Gasteiger partial charge is 0.329 e. The summed E-state index contributed by atoms with van der Waals surface area (Å²) in [5.41, 5.74) is 7.87. The second-order valence-corrected chi connectivity index (χ2v) is 3.16. The maximum absolute atomic E-state index is 12.2. The molecule has 5 N–H and O–H groups in total. The van der Waals surface area contributed by atoms with Crippen molar-refractivity contribution in [2.24, 2.45) is 11.5 Å². The standard InChI is InChI=1S/C7H14F2N2O2/c1-4(10)2-3-7(11,5(8)9)6(12)13/h4-5H,2-3,10-11H2,1H3,(H,12,13). The third-order valence-electron chi connectivity index (χ3n) is 1.80. The Morgan fingerprint density at radius 1 is 1.62 bits per heavy atom. The van der Waals surface area contributed by atoms with E-state index in [9.17, 15) is 13.6 Å². The van der Waals surface area contributed by atoms with E-state index in [-0.39, 0.29) is 18.9 Å². The zero-order chi connectivity index (χ0) is 10.6. The number of alkyl halides is 2. The Bertz CT molecular complexity index is 187. The van der Waals surface area contributed by atoms with Crippen molar-refractivity contribution < 1.29 is 18.7 Å². The summed E-state index contributed by atoms with van der Waals surface area (Å²) in [5.74, 6) is -1.69. The normalized spacial score (nSPS) is 18.3. The lowest BCUT2D eigenvalue weighted by atomic mass is 9.93. The van der Waals surface area contributed by atoms with Gasteiger partial charge in [-0.05, 0) is 19.8 Å². The Morgan fingerprint density at radius 2 is 2.08 bits per heavy atom. The number of carbonyl (C=O) groups is 1. The van der Waals surface area contributed by atoms with Crippen LogP contribution in [0.2, 0.25) is 0 Å². The molecule has 0 aliphatic rings. The van der Waals surface area contributed by atoms with Crippen LogP contribution >= 0.6 is 0 Å². The number of hydrogen-bond donors (Lipinski definition) is 3. The summed E-state index contributed by atoms with van der Waals surface area (Å²) >= 11 is 0. The minimum atomic E-state index is -3.08. The summed E-state index contributed by atoms with van der Waals surface area (Å²) in [7, 11) is 0. The van der Waals surface area contributed by atoms with Crippen molar-refractivity contribution in [1.29, 1.82) is 0 Å². The van der Waals surface area contributed by atoms with E-state index < -0.39 is 17.9 Å². The van der Waals surface area contributed by atoms with Gasteiger partial charge in [-0.3, -0.25) is 0 Å². The summed E-state index contributed by atoms with van der Waals surface area (Å²) in [4.78, 5) is 10.4. The monoisotopic (exact) mass is 196 g/mol. The first-order valence-electron chi connectivity index (χ1n) is 3.86. The first-order valence-corrected chi connectivity index (χ1v) is 3.86. The van der Waals surface area contributed by atoms with Gasteiger partial charge >= 0.3 is 5.97 Å². The largest absolute Gasteiger partial charge is 0.480 e. The first-order chi connectivity index (χ1) is 5.80. The van der Waals surface area contributed by atoms with Crippen LogP contribution in [0.3, 0.4) is 0 Å². The Labute approximate surface area is 74.9 Å². The van der Waals surface area contributed by atoms with Crippen molar-refractivity contribution in [1.82, 2.24) is 0 Å². The Hall–Kier alpha value is -0.750. The topological polar surface area (TPSA) is 89.3 Å². The van der Waals surface area contributed by atoms with Gasteiger partial charge in [0.25, 0.3) is 6.43 Å². The summed E-state index contributed by atoms with van der Waals surface area (Å²) in [6, 6.07) is -0.332. The lowest BCUT2D eigenvalue weighted by Crippen LogP contribution is -2.54. The molecule has 0 saturated heterocycles. The number of hydrogen-bond acceptors (Lipinski definition) is 3. The molecule has 0 saturated carbocycles. The number of rotatable bonds is 5. The van der Waals surface area contributed by atoms with Gasteiger partial charge in [0, 0.05) is 6.04 Å². The average Bonchev–Trinajstić information content (AvgIpc) is 1.99. The van der Waals surface area contributed by atoms with E-state index in [1.54, 1.807) is 6.92 Å². The van der Waals surface area contributed by atoms with E-state index in [2.05, 4.69) is 0 Å². The fraction of sp³-hybridized carbons (Fsp3) is 0.857. The van der Waals surface area contributed by atoms with E-state index in [4.69, 9.17) is 16.6 Å². The van der Waals surface area contributed by atoms with Gasteiger partial charge < -0.3 is 16.6 Å². The highest BCUT2D eigenvalue weighted by Crippen LogP contribution is 2.19. The van der Waals surface area contributed by atoms with Crippen LogP contribution in [0.5, 0.6) is 0 Å². The van der Waals surface area contributed by atoms with E-state index in [0.717, 1.165) is 0 Å². The summed E-state index contributed by atoms with van der Waals surface area (Å²) < 4.78 is 24.5. The molecule has 2 atom stereocenters. The predicted octanol–water partition coefficient (Wildman–Crippen LogP) is 0.161. The van der Waals surface area contributed by atoms with E-state index in [1.807, 2.05) is 0 Å². The Balaban J connectivity index is 4.34. The minimum Gasteiger partial charge on any atom is -0.480 e. The number of aliphatic carboxylic acids is 1. The molecule has 0 rings (SSSR count). The molecule has 2 unspecified atom stereocenters. The molecule has 0 aromatic heterocycles. The number of halogens is 2. The van der Waals surface area contributed by atoms with Crippen LogP contribution in [0.15, 0.2) is 0 Å². The van der Waals surface area contributed by atoms with E-state index in [1.165, 1.54) is 0 Å². The van der Waals surface area contributed by atoms with Crippen LogP contribution in [0, 0.1) is 0 Å². The zero-order valence-corrected chi connectivity index (χ0v) is 7.34. The molecule has 0 amide bonds. The van der Waals surface area contributed by atoms with Crippen molar-refractivity contribution in [3.8, 4) is 0 Å². The van der Waals surface area contributed by atoms with Gasteiger partial charge in [-0.15, -0.1) is 0 Å². The molecule has 0 aliphatic carbocycles. The van der Waals surface area contributed by atoms with Crippen LogP contribution in [-0.2, 0) is 4.79 Å². The van der Waals surface area contributed by atoms with Crippen LogP contribution in [0.1, 0.15) is 19.8 Å². The minimum absolute atomic E-state index is 0.160. The highest BCUT2D eigenvalue weighted by Gasteiger charge is 2.43. The second kappa shape index (κ2) is 4.48. The van der Waals surface area contributed by atoms with E-state index >= 15 is 0 Å². The van der Waals surface area contributed by atoms with Gasteiger partial charge in [0.15, 0.2) is 5.54 Å². The van der Waals surface area contributed by atoms with Crippen LogP contribution in [0.25, 0.3) is 0 Å². The molecule has 0 fully saturated rings. The fourth-order valence-electron chi connectivity index (χ4n) is 0.776. The summed E-state index contributed by atoms with van der Waals surface area (Å²) in [5, 5.41) is 8.47. The molecule has 78 valence electrons. The number of carboxylic acids is 1. The number of carboxylic acid groups (broad SMARTS) is 1. The molecule has 6 heteroatoms. The van der Waals surface area contributed by atoms with Crippen LogP contribution in [0.4, 0.5) is 8.78 Å². The van der Waals surface area contributed by atoms with Crippen molar-refractivity contribution in [2.75, 3.05) is 0 Å². The Kier molecular flexibility index (Phi) is 4.22. The van der Waals surface area contributed by atoms with Crippen LogP contribution in [-0.4, -0.2) is 29.1 Å². The maximum atomic E-state index is 12.2. The van der Waals surface area contributed by atoms with Gasteiger partial charge in [-0.1, -0.05) is 0 Å². The van der Waals surface area contributed by atoms with Gasteiger partial charge in [0.2, 0.25) is 0 Å². The highest BCUT2D eigenvalue weighted by atomic mass is 19.3. The molecule has 0 aromatic carbocycles. The maximum Gasteiger partial charge on any atom is 0.329 e. The zero-order valence-electron chi connectivity index (χ0n) is 7.34. The molecule has 13 heavy (non-hydrogen) atoms. The van der Waals surface area contributed by atoms with Crippen molar-refractivity contribution >= 4 is 5.97 Å². The third-order valence-corrected chi connectivity index (χ3v) is 1.80. The molecule has 0 heterocycles. The molecule has 0 spiro atoms. The van der Waals surface area contributed by atoms with Crippen LogP contribution < -0.4 is 11.5 Å². The third kappa shape index (κ3) is 3.23. The average molecular weight is 196 g/mol. The van der Waals surface area contributed by atoms with Crippen molar-refractivity contribution in [3.05, 3.63) is 0 Å². The lowest BCUT2D eigenvalue weighted by Gasteiger charge is -2.24. The molecule has 0 aromatic rings. The van der Waals surface area contributed by atoms with Gasteiger partial charge in [-0.2, -0.15) is 0 Å². The SMILES string of the molecule is CC(N)CCC(N)(C(=O)O)C(F)F. The van der Waals surface area contributed by atoms with Gasteiger partial charge in [0.1, 0.15) is 0 Å². The molecule has 0 radical (unpaired) electrons. The molecule has 0 bridgehead atoms. The molecular formula is C7H14F2N2O2. The summed E-state index contributed by atoms with van der Waals surface area (Å²) in [6.45, 7) is 1.60. The number of nitrogens with two attached hydrogens (primary N) is 2. The summed E-state index contributed by atoms with van der Waals surface area (Å²) in [6.07, 6.45) is -3.24. The van der Waals surface area contributed by atoms with Crippen molar-refractivity contribution in [3.63, 3.8) is 0 Å². The van der Waals surface area contributed by atoms with Gasteiger partial charge in [-0.25, -0.2) is 13.6 Å². The molecule has 0 aliphatic heterocycles. The molecular weight excluding hydrogens is 182 g/mol. The predicted molar refractivity (Wildman–Crippen MR) is 43.4 cm³/mol. The van der Waals surface area contributed by atoms with E-state index in [0.29, 0.717) is 0 Å². The Morgan fingerprint density at radius 3 is 2.31 bits per heavy atom. The van der Waals surface area contributed by atoms with Crippen molar-refractivity contribution in [2.45, 2.75) is 37.8 Å². The van der Waals surface area contributed by atoms with Gasteiger partial charge in [0.05, 0.1) is 0 Å². The second-order valence-electron chi connectivity index (χ2n) is 3.16. The fourth-order valence-corrected chi connectivity index (χ4v) is 0.776. The molecule has 4 nitrogen and oxygen atoms in total. The highest BCUT2D eigenvalue weighted by molar-refractivity contribution is 5.79.